The van der Waals surface area contributed by atoms with E-state index in [2.05, 4.69) is 10.4 Å². The summed E-state index contributed by atoms with van der Waals surface area (Å²) >= 11 is 12.4. The molecule has 1 aromatic heterocycles. The molecule has 0 radical (unpaired) electrons. The average molecular weight is 424 g/mol. The molecule has 3 aromatic rings. The van der Waals surface area contributed by atoms with Crippen LogP contribution < -0.4 is 5.32 Å². The lowest BCUT2D eigenvalue weighted by Gasteiger charge is -2.14. The van der Waals surface area contributed by atoms with Crippen molar-refractivity contribution in [3.05, 3.63) is 75.4 Å². The van der Waals surface area contributed by atoms with Crippen LogP contribution >= 0.6 is 23.2 Å². The summed E-state index contributed by atoms with van der Waals surface area (Å²) < 4.78 is 28.1. The van der Waals surface area contributed by atoms with E-state index in [1.54, 1.807) is 24.3 Å². The van der Waals surface area contributed by atoms with Crippen LogP contribution in [0.4, 0.5) is 14.6 Å². The van der Waals surface area contributed by atoms with Crippen molar-refractivity contribution < 1.29 is 13.6 Å². The van der Waals surface area contributed by atoms with Crippen LogP contribution in [0.3, 0.4) is 0 Å². The molecule has 0 saturated heterocycles. The minimum Gasteiger partial charge on any atom is -0.306 e. The Hall–Kier alpha value is -2.44. The predicted molar refractivity (Wildman–Crippen MR) is 107 cm³/mol. The number of hydrogen-bond acceptors (Lipinski definition) is 2. The fourth-order valence-electron chi connectivity index (χ4n) is 2.49. The number of carbonyl (C=O) groups is 1. The van der Waals surface area contributed by atoms with Gasteiger partial charge in [-0.25, -0.2) is 13.5 Å². The van der Waals surface area contributed by atoms with Gasteiger partial charge in [0, 0.05) is 22.1 Å². The van der Waals surface area contributed by atoms with Crippen LogP contribution in [-0.2, 0) is 5.41 Å². The van der Waals surface area contributed by atoms with Crippen molar-refractivity contribution in [2.24, 2.45) is 0 Å². The van der Waals surface area contributed by atoms with E-state index in [4.69, 9.17) is 23.2 Å². The Morgan fingerprint density at radius 1 is 1.04 bits per heavy atom. The molecule has 0 fully saturated rings. The highest BCUT2D eigenvalue weighted by atomic mass is 35.5. The predicted octanol–water partition coefficient (Wildman–Crippen LogP) is 6.01. The Morgan fingerprint density at radius 2 is 1.75 bits per heavy atom. The normalized spacial score (nSPS) is 11.5. The van der Waals surface area contributed by atoms with Gasteiger partial charge in [-0.3, -0.25) is 4.79 Å². The van der Waals surface area contributed by atoms with Gasteiger partial charge in [0.15, 0.2) is 11.6 Å². The van der Waals surface area contributed by atoms with E-state index in [1.165, 1.54) is 10.7 Å². The first-order chi connectivity index (χ1) is 13.1. The number of anilines is 1. The number of aromatic nitrogens is 2. The van der Waals surface area contributed by atoms with Gasteiger partial charge < -0.3 is 5.32 Å². The maximum atomic E-state index is 13.5. The number of nitrogens with one attached hydrogen (secondary N) is 1. The summed E-state index contributed by atoms with van der Waals surface area (Å²) in [4.78, 5) is 12.6. The second-order valence-electron chi connectivity index (χ2n) is 7.26. The molecule has 3 rings (SSSR count). The number of nitrogens with zero attached hydrogens (tertiary/aromatic N) is 2. The summed E-state index contributed by atoms with van der Waals surface area (Å²) in [6, 6.07) is 9.52. The highest BCUT2D eigenvalue weighted by Crippen LogP contribution is 2.31. The molecule has 1 amide bonds. The van der Waals surface area contributed by atoms with E-state index in [0.29, 0.717) is 27.2 Å². The lowest BCUT2D eigenvalue weighted by atomic mass is 9.92. The molecule has 28 heavy (non-hydrogen) atoms. The van der Waals surface area contributed by atoms with Crippen molar-refractivity contribution in [3.63, 3.8) is 0 Å². The summed E-state index contributed by atoms with van der Waals surface area (Å²) in [6.07, 6.45) is 0. The molecule has 0 atom stereocenters. The average Bonchev–Trinajstić information content (AvgIpc) is 3.03. The van der Waals surface area contributed by atoms with Crippen molar-refractivity contribution in [1.82, 2.24) is 9.78 Å². The molecule has 146 valence electrons. The van der Waals surface area contributed by atoms with Crippen LogP contribution in [-0.4, -0.2) is 15.7 Å². The molecule has 2 aromatic carbocycles. The zero-order chi connectivity index (χ0) is 20.6. The number of benzene rings is 2. The fraction of sp³-hybridized carbons (Fsp3) is 0.200. The molecule has 4 nitrogen and oxygen atoms in total. The lowest BCUT2D eigenvalue weighted by molar-refractivity contribution is 0.102. The van der Waals surface area contributed by atoms with Crippen molar-refractivity contribution >= 4 is 34.9 Å². The van der Waals surface area contributed by atoms with E-state index in [0.717, 1.165) is 12.1 Å². The highest BCUT2D eigenvalue weighted by molar-refractivity contribution is 6.34. The maximum Gasteiger partial charge on any atom is 0.256 e. The maximum absolute atomic E-state index is 13.5. The van der Waals surface area contributed by atoms with Gasteiger partial charge in [0.05, 0.1) is 16.4 Å². The number of rotatable bonds is 3. The van der Waals surface area contributed by atoms with E-state index < -0.39 is 17.5 Å². The van der Waals surface area contributed by atoms with Gasteiger partial charge in [-0.05, 0) is 36.4 Å². The third-order valence-corrected chi connectivity index (χ3v) is 4.59. The van der Waals surface area contributed by atoms with Gasteiger partial charge in [0.2, 0.25) is 0 Å². The van der Waals surface area contributed by atoms with Gasteiger partial charge in [0.1, 0.15) is 5.82 Å². The van der Waals surface area contributed by atoms with Gasteiger partial charge >= 0.3 is 0 Å². The third kappa shape index (κ3) is 4.18. The molecule has 0 aliphatic rings. The van der Waals surface area contributed by atoms with Crippen LogP contribution in [0.1, 0.15) is 36.8 Å². The van der Waals surface area contributed by atoms with E-state index in [-0.39, 0.29) is 11.0 Å². The topological polar surface area (TPSA) is 46.9 Å². The van der Waals surface area contributed by atoms with Gasteiger partial charge in [-0.1, -0.05) is 44.0 Å². The van der Waals surface area contributed by atoms with Crippen LogP contribution in [0.25, 0.3) is 5.69 Å². The Bertz CT molecular complexity index is 1060. The fourth-order valence-corrected chi connectivity index (χ4v) is 2.86. The Balaban J connectivity index is 2.06. The molecular weight excluding hydrogens is 407 g/mol. The molecule has 0 unspecified atom stereocenters. The molecule has 1 N–H and O–H groups in total. The molecule has 1 heterocycles. The van der Waals surface area contributed by atoms with Crippen molar-refractivity contribution in [2.75, 3.05) is 5.32 Å². The SMILES string of the molecule is CC(C)(C)c1cc(NC(=O)c2ccc(F)c(F)c2)n(-c2cc(Cl)ccc2Cl)n1. The number of halogens is 4. The largest absolute Gasteiger partial charge is 0.306 e. The zero-order valence-corrected chi connectivity index (χ0v) is 16.9. The second-order valence-corrected chi connectivity index (χ2v) is 8.10. The van der Waals surface area contributed by atoms with E-state index >= 15 is 0 Å². The molecule has 0 bridgehead atoms. The number of amides is 1. The monoisotopic (exact) mass is 423 g/mol. The number of hydrogen-bond donors (Lipinski definition) is 1. The standard InChI is InChI=1S/C20H17Cl2F2N3O/c1-20(2,3)17-10-18(25-19(28)11-4-7-14(23)15(24)8-11)27(26-17)16-9-12(21)5-6-13(16)22/h4-10H,1-3H3,(H,25,28). The van der Waals surface area contributed by atoms with E-state index in [1.807, 2.05) is 20.8 Å². The summed E-state index contributed by atoms with van der Waals surface area (Å²) in [5.41, 5.74) is 0.841. The minimum atomic E-state index is -1.10. The summed E-state index contributed by atoms with van der Waals surface area (Å²) in [5, 5.41) is 8.07. The first-order valence-corrected chi connectivity index (χ1v) is 9.14. The number of carbonyl (C=O) groups excluding carboxylic acids is 1. The van der Waals surface area contributed by atoms with Gasteiger partial charge in [-0.15, -0.1) is 0 Å². The van der Waals surface area contributed by atoms with Crippen LogP contribution in [0, 0.1) is 11.6 Å². The molecule has 0 aliphatic carbocycles. The summed E-state index contributed by atoms with van der Waals surface area (Å²) in [5.74, 6) is -2.42. The minimum absolute atomic E-state index is 0.0267. The Kier molecular flexibility index (Phi) is 5.46. The zero-order valence-electron chi connectivity index (χ0n) is 15.4. The highest BCUT2D eigenvalue weighted by Gasteiger charge is 2.23. The van der Waals surface area contributed by atoms with Crippen molar-refractivity contribution in [1.29, 1.82) is 0 Å². The first-order valence-electron chi connectivity index (χ1n) is 8.38. The lowest BCUT2D eigenvalue weighted by Crippen LogP contribution is -2.16. The summed E-state index contributed by atoms with van der Waals surface area (Å²) in [7, 11) is 0. The van der Waals surface area contributed by atoms with Crippen LogP contribution in [0.15, 0.2) is 42.5 Å². The third-order valence-electron chi connectivity index (χ3n) is 4.04. The van der Waals surface area contributed by atoms with Crippen molar-refractivity contribution in [3.8, 4) is 5.69 Å². The van der Waals surface area contributed by atoms with Crippen LogP contribution in [0.5, 0.6) is 0 Å². The Morgan fingerprint density at radius 3 is 2.39 bits per heavy atom. The molecule has 8 heteroatoms. The second kappa shape index (κ2) is 7.53. The quantitative estimate of drug-likeness (QED) is 0.560. The molecular formula is C20H17Cl2F2N3O. The van der Waals surface area contributed by atoms with Crippen molar-refractivity contribution in [2.45, 2.75) is 26.2 Å². The Labute approximate surface area is 171 Å². The first kappa shape index (κ1) is 20.3. The smallest absolute Gasteiger partial charge is 0.256 e. The summed E-state index contributed by atoms with van der Waals surface area (Å²) in [6.45, 7) is 5.92. The molecule has 0 spiro atoms. The van der Waals surface area contributed by atoms with E-state index in [9.17, 15) is 13.6 Å². The molecule has 0 saturated carbocycles. The van der Waals surface area contributed by atoms with Crippen LogP contribution in [0.2, 0.25) is 10.0 Å². The molecule has 0 aliphatic heterocycles. The van der Waals surface area contributed by atoms with Gasteiger partial charge in [-0.2, -0.15) is 5.10 Å². The van der Waals surface area contributed by atoms with Gasteiger partial charge in [0.25, 0.3) is 5.91 Å².